The van der Waals surface area contributed by atoms with Crippen LogP contribution in [0.25, 0.3) is 0 Å². The Labute approximate surface area is 102 Å². The summed E-state index contributed by atoms with van der Waals surface area (Å²) in [6.45, 7) is 2.01. The van der Waals surface area contributed by atoms with Gasteiger partial charge in [0, 0.05) is 18.0 Å². The van der Waals surface area contributed by atoms with Crippen molar-refractivity contribution in [2.24, 2.45) is 0 Å². The smallest absolute Gasteiger partial charge is 0.348 e. The summed E-state index contributed by atoms with van der Waals surface area (Å²) < 4.78 is 4.76. The number of aromatic nitrogens is 1. The molecule has 0 spiro atoms. The average molecular weight is 253 g/mol. The Morgan fingerprint density at radius 2 is 2.31 bits per heavy atom. The lowest BCUT2D eigenvalue weighted by Crippen LogP contribution is -2.03. The number of rotatable bonds is 3. The van der Waals surface area contributed by atoms with Crippen LogP contribution in [0.3, 0.4) is 0 Å². The third-order valence-electron chi connectivity index (χ3n) is 2.29. The van der Waals surface area contributed by atoms with Gasteiger partial charge in [-0.05, 0) is 23.4 Å². The molecular formula is C11H11NO2S2. The summed E-state index contributed by atoms with van der Waals surface area (Å²) in [5.41, 5.74) is 2.16. The van der Waals surface area contributed by atoms with Crippen LogP contribution in [0.2, 0.25) is 0 Å². The second-order valence-electron chi connectivity index (χ2n) is 3.32. The number of nitrogens with zero attached hydrogens (tertiary/aromatic N) is 1. The topological polar surface area (TPSA) is 39.2 Å². The van der Waals surface area contributed by atoms with Crippen LogP contribution < -0.4 is 0 Å². The molecule has 16 heavy (non-hydrogen) atoms. The Hall–Kier alpha value is -1.20. The molecule has 2 aromatic rings. The molecule has 0 saturated heterocycles. The standard InChI is InChI=1S/C11H11NO2S2/c1-7-6-16-10(11(13)14-2)8(7)5-9-12-3-4-15-9/h3-4,6H,5H2,1-2H3. The van der Waals surface area contributed by atoms with Crippen LogP contribution >= 0.6 is 22.7 Å². The van der Waals surface area contributed by atoms with Crippen LogP contribution in [0.1, 0.15) is 25.8 Å². The first-order valence-electron chi connectivity index (χ1n) is 4.76. The second kappa shape index (κ2) is 4.76. The summed E-state index contributed by atoms with van der Waals surface area (Å²) in [5.74, 6) is -0.260. The molecule has 0 aliphatic carbocycles. The number of methoxy groups -OCH3 is 1. The van der Waals surface area contributed by atoms with Gasteiger partial charge in [0.1, 0.15) is 4.88 Å². The summed E-state index contributed by atoms with van der Waals surface area (Å²) in [6, 6.07) is 0. The van der Waals surface area contributed by atoms with Gasteiger partial charge in [-0.2, -0.15) is 0 Å². The lowest BCUT2D eigenvalue weighted by molar-refractivity contribution is 0.0605. The van der Waals surface area contributed by atoms with Crippen LogP contribution in [0.5, 0.6) is 0 Å². The molecule has 2 heterocycles. The molecule has 0 bridgehead atoms. The number of esters is 1. The molecule has 3 nitrogen and oxygen atoms in total. The number of thiophene rings is 1. The van der Waals surface area contributed by atoms with Gasteiger partial charge >= 0.3 is 5.97 Å². The van der Waals surface area contributed by atoms with Crippen molar-refractivity contribution in [2.45, 2.75) is 13.3 Å². The van der Waals surface area contributed by atoms with Gasteiger partial charge in [0.25, 0.3) is 0 Å². The van der Waals surface area contributed by atoms with E-state index in [1.54, 1.807) is 17.5 Å². The van der Waals surface area contributed by atoms with Gasteiger partial charge in [-0.15, -0.1) is 22.7 Å². The first-order chi connectivity index (χ1) is 7.72. The first-order valence-corrected chi connectivity index (χ1v) is 6.52. The van der Waals surface area contributed by atoms with Crippen molar-refractivity contribution in [2.75, 3.05) is 7.11 Å². The molecule has 0 aliphatic heterocycles. The van der Waals surface area contributed by atoms with Gasteiger partial charge in [-0.1, -0.05) is 0 Å². The van der Waals surface area contributed by atoms with E-state index in [0.717, 1.165) is 16.1 Å². The Morgan fingerprint density at radius 1 is 1.50 bits per heavy atom. The minimum absolute atomic E-state index is 0.260. The first kappa shape index (κ1) is 11.3. The van der Waals surface area contributed by atoms with Gasteiger partial charge in [-0.3, -0.25) is 0 Å². The Balaban J connectivity index is 2.32. The Bertz CT molecular complexity index is 488. The van der Waals surface area contributed by atoms with Crippen LogP contribution in [-0.2, 0) is 11.2 Å². The highest BCUT2D eigenvalue weighted by molar-refractivity contribution is 7.12. The van der Waals surface area contributed by atoms with Crippen LogP contribution in [0, 0.1) is 6.92 Å². The lowest BCUT2D eigenvalue weighted by Gasteiger charge is -2.01. The summed E-state index contributed by atoms with van der Waals surface area (Å²) in [5, 5.41) is 4.94. The molecule has 84 valence electrons. The monoisotopic (exact) mass is 253 g/mol. The number of carbonyl (C=O) groups excluding carboxylic acids is 1. The zero-order valence-electron chi connectivity index (χ0n) is 9.02. The molecule has 0 amide bonds. The second-order valence-corrected chi connectivity index (χ2v) is 5.18. The molecule has 2 aromatic heterocycles. The summed E-state index contributed by atoms with van der Waals surface area (Å²) in [6.07, 6.45) is 2.48. The lowest BCUT2D eigenvalue weighted by atomic mass is 10.1. The molecule has 5 heteroatoms. The van der Waals surface area contributed by atoms with Crippen molar-refractivity contribution >= 4 is 28.6 Å². The van der Waals surface area contributed by atoms with E-state index in [9.17, 15) is 4.79 Å². The fraction of sp³-hybridized carbons (Fsp3) is 0.273. The maximum absolute atomic E-state index is 11.5. The molecule has 0 radical (unpaired) electrons. The minimum Gasteiger partial charge on any atom is -0.465 e. The zero-order chi connectivity index (χ0) is 11.5. The Kier molecular flexibility index (Phi) is 3.36. The van der Waals surface area contributed by atoms with Gasteiger partial charge < -0.3 is 4.74 Å². The number of ether oxygens (including phenoxy) is 1. The van der Waals surface area contributed by atoms with E-state index < -0.39 is 0 Å². The maximum atomic E-state index is 11.5. The van der Waals surface area contributed by atoms with Crippen molar-refractivity contribution in [3.8, 4) is 0 Å². The number of hydrogen-bond acceptors (Lipinski definition) is 5. The SMILES string of the molecule is COC(=O)c1scc(C)c1Cc1nccs1. The quantitative estimate of drug-likeness (QED) is 0.790. The number of carbonyl (C=O) groups is 1. The normalized spacial score (nSPS) is 10.4. The third kappa shape index (κ3) is 2.15. The molecular weight excluding hydrogens is 242 g/mol. The molecule has 2 rings (SSSR count). The molecule has 0 aromatic carbocycles. The van der Waals surface area contributed by atoms with Crippen molar-refractivity contribution in [1.29, 1.82) is 0 Å². The predicted octanol–water partition coefficient (Wildman–Crippen LogP) is 2.89. The van der Waals surface area contributed by atoms with E-state index in [2.05, 4.69) is 4.98 Å². The molecule has 0 atom stereocenters. The van der Waals surface area contributed by atoms with Crippen molar-refractivity contribution in [3.63, 3.8) is 0 Å². The molecule has 0 aliphatic rings. The predicted molar refractivity (Wildman–Crippen MR) is 65.3 cm³/mol. The summed E-state index contributed by atoms with van der Waals surface area (Å²) in [4.78, 5) is 16.5. The minimum atomic E-state index is -0.260. The van der Waals surface area contributed by atoms with Gasteiger partial charge in [0.05, 0.1) is 12.1 Å². The number of hydrogen-bond donors (Lipinski definition) is 0. The molecule has 0 N–H and O–H groups in total. The van der Waals surface area contributed by atoms with Crippen molar-refractivity contribution in [1.82, 2.24) is 4.98 Å². The van der Waals surface area contributed by atoms with Gasteiger partial charge in [0.15, 0.2) is 0 Å². The molecule has 0 saturated carbocycles. The van der Waals surface area contributed by atoms with Crippen LogP contribution in [0.4, 0.5) is 0 Å². The van der Waals surface area contributed by atoms with E-state index in [1.165, 1.54) is 18.4 Å². The summed E-state index contributed by atoms with van der Waals surface area (Å²) in [7, 11) is 1.41. The molecule has 0 fully saturated rings. The van der Waals surface area contributed by atoms with Gasteiger partial charge in [0.2, 0.25) is 0 Å². The highest BCUT2D eigenvalue weighted by Crippen LogP contribution is 2.26. The summed E-state index contributed by atoms with van der Waals surface area (Å²) >= 11 is 3.03. The maximum Gasteiger partial charge on any atom is 0.348 e. The highest BCUT2D eigenvalue weighted by atomic mass is 32.1. The highest BCUT2D eigenvalue weighted by Gasteiger charge is 2.17. The van der Waals surface area contributed by atoms with E-state index in [0.29, 0.717) is 11.3 Å². The third-order valence-corrected chi connectivity index (χ3v) is 4.19. The van der Waals surface area contributed by atoms with E-state index >= 15 is 0 Å². The van der Waals surface area contributed by atoms with E-state index in [4.69, 9.17) is 4.74 Å². The fourth-order valence-electron chi connectivity index (χ4n) is 1.44. The van der Waals surface area contributed by atoms with Crippen molar-refractivity contribution < 1.29 is 9.53 Å². The van der Waals surface area contributed by atoms with E-state index in [-0.39, 0.29) is 5.97 Å². The molecule has 0 unspecified atom stereocenters. The largest absolute Gasteiger partial charge is 0.465 e. The number of thiazole rings is 1. The van der Waals surface area contributed by atoms with E-state index in [1.807, 2.05) is 17.7 Å². The Morgan fingerprint density at radius 3 is 2.94 bits per heavy atom. The van der Waals surface area contributed by atoms with Crippen molar-refractivity contribution in [3.05, 3.63) is 38.0 Å². The van der Waals surface area contributed by atoms with Crippen LogP contribution in [0.15, 0.2) is 17.0 Å². The number of aryl methyl sites for hydroxylation is 1. The zero-order valence-corrected chi connectivity index (χ0v) is 10.7. The average Bonchev–Trinajstić information content (AvgIpc) is 2.90. The fourth-order valence-corrected chi connectivity index (χ4v) is 3.06. The van der Waals surface area contributed by atoms with Gasteiger partial charge in [-0.25, -0.2) is 9.78 Å². The van der Waals surface area contributed by atoms with Crippen LogP contribution in [-0.4, -0.2) is 18.1 Å².